The van der Waals surface area contributed by atoms with E-state index in [1.165, 1.54) is 0 Å². The van der Waals surface area contributed by atoms with Crippen LogP contribution in [0.4, 0.5) is 9.59 Å². The van der Waals surface area contributed by atoms with Gasteiger partial charge in [0.05, 0.1) is 62.9 Å². The molecule has 4 unspecified atom stereocenters. The molecule has 4 aliphatic heterocycles. The van der Waals surface area contributed by atoms with Crippen LogP contribution < -0.4 is 9.47 Å². The summed E-state index contributed by atoms with van der Waals surface area (Å²) in [5, 5.41) is 2.31. The minimum Gasteiger partial charge on any atom is -0.493 e. The number of hydrogen-bond donors (Lipinski definition) is 0. The van der Waals surface area contributed by atoms with E-state index in [0.29, 0.717) is 93.8 Å². The standard InChI is InChI=1S/C72H82Cl4N8O9/c1-9-92-59-43-51(71(3,4)5)19-29-57(59)67-77-63(47-11-21-53(73)22-12-47)65(49-15-25-55(75)26-16-49)83(67)69(87)81-35-31-79(32-36-81)61(85)45-90-41-39-89-40-42-91-46-62(86)80-33-37-82(38-34-80)70(88)84-66(50-17-27-56(76)28-18-50)64(48-13-23-54(74)24-14-48)78-68(84)58-30-20-52(72(6,7)8)44-60(58)93-10-2/h11-30,43-44,63-66H,9-10,31-42,45-46H2,1-8H3. The molecular formula is C72H82Cl4N8O9. The van der Waals surface area contributed by atoms with Crippen molar-refractivity contribution in [3.05, 3.63) is 198 Å². The van der Waals surface area contributed by atoms with Gasteiger partial charge in [0.2, 0.25) is 11.8 Å². The number of aliphatic imine (C=N–C) groups is 2. The number of hydrogen-bond acceptors (Lipinski definition) is 11. The maximum atomic E-state index is 15.2. The van der Waals surface area contributed by atoms with Crippen molar-refractivity contribution >= 4 is 82.0 Å². The first-order chi connectivity index (χ1) is 44.6. The number of nitrogens with zero attached hydrogens (tertiary/aromatic N) is 8. The molecule has 6 aromatic carbocycles. The number of amidine groups is 2. The number of piperazine rings is 2. The van der Waals surface area contributed by atoms with Crippen LogP contribution in [0.3, 0.4) is 0 Å². The molecule has 0 radical (unpaired) electrons. The van der Waals surface area contributed by atoms with Gasteiger partial charge in [0.1, 0.15) is 48.5 Å². The van der Waals surface area contributed by atoms with E-state index >= 15 is 9.59 Å². The van der Waals surface area contributed by atoms with E-state index in [4.69, 9.17) is 80.1 Å². The Morgan fingerprint density at radius 2 is 0.720 bits per heavy atom. The summed E-state index contributed by atoms with van der Waals surface area (Å²) in [6, 6.07) is 39.7. The average Bonchev–Trinajstić information content (AvgIpc) is 1.61. The Balaban J connectivity index is 0.697. The molecule has 0 aromatic heterocycles. The molecule has 6 aromatic rings. The monoisotopic (exact) mass is 1340 g/mol. The first-order valence-corrected chi connectivity index (χ1v) is 33.3. The van der Waals surface area contributed by atoms with Crippen molar-refractivity contribution in [2.45, 2.75) is 90.4 Å². The third kappa shape index (κ3) is 16.3. The third-order valence-electron chi connectivity index (χ3n) is 17.2. The number of carbonyl (C=O) groups excluding carboxylic acids is 4. The molecule has 0 aliphatic carbocycles. The summed E-state index contributed by atoms with van der Waals surface area (Å²) in [6.45, 7) is 20.4. The van der Waals surface area contributed by atoms with Crippen LogP contribution in [0.1, 0.15) is 124 Å². The summed E-state index contributed by atoms with van der Waals surface area (Å²) < 4.78 is 29.9. The highest BCUT2D eigenvalue weighted by Crippen LogP contribution is 2.48. The summed E-state index contributed by atoms with van der Waals surface area (Å²) in [5.41, 5.74) is 6.69. The first-order valence-electron chi connectivity index (χ1n) is 31.8. The SMILES string of the molecule is CCOc1cc(C(C)(C)C)ccc1C1=NC(c2ccc(Cl)cc2)C(c2ccc(Cl)cc2)N1C(=O)N1CCN(C(=O)COCCOCCOCC(=O)N2CCN(C(=O)N3C(c4ccc(C(C)(C)C)cc4OCC)=NC(c4ccc(Cl)cc4)C3c3ccc(Cl)cc3)CC2)CC1. The maximum absolute atomic E-state index is 15.2. The van der Waals surface area contributed by atoms with Crippen molar-refractivity contribution < 1.29 is 42.9 Å². The van der Waals surface area contributed by atoms with Crippen LogP contribution in [-0.2, 0) is 34.6 Å². The second-order valence-electron chi connectivity index (χ2n) is 25.4. The number of carbonyl (C=O) groups is 4. The molecule has 0 N–H and O–H groups in total. The molecule has 17 nitrogen and oxygen atoms in total. The van der Waals surface area contributed by atoms with Gasteiger partial charge in [-0.2, -0.15) is 0 Å². The lowest BCUT2D eigenvalue weighted by Gasteiger charge is -2.39. The maximum Gasteiger partial charge on any atom is 0.326 e. The highest BCUT2D eigenvalue weighted by molar-refractivity contribution is 6.31. The Hall–Kier alpha value is -7.22. The predicted octanol–water partition coefficient (Wildman–Crippen LogP) is 14.1. The molecule has 0 spiro atoms. The summed E-state index contributed by atoms with van der Waals surface area (Å²) in [5.74, 6) is 1.82. The topological polar surface area (TPSA) is 159 Å². The van der Waals surface area contributed by atoms with Gasteiger partial charge in [-0.15, -0.1) is 0 Å². The molecule has 4 atom stereocenters. The van der Waals surface area contributed by atoms with E-state index in [2.05, 4.69) is 53.7 Å². The molecule has 4 aliphatic rings. The van der Waals surface area contributed by atoms with Gasteiger partial charge in [-0.3, -0.25) is 29.4 Å². The summed E-state index contributed by atoms with van der Waals surface area (Å²) in [7, 11) is 0. The van der Waals surface area contributed by atoms with Crippen molar-refractivity contribution in [2.75, 3.05) is 105 Å². The zero-order valence-electron chi connectivity index (χ0n) is 54.1. The molecule has 6 amide bonds. The van der Waals surface area contributed by atoms with Gasteiger partial charge in [-0.1, -0.05) is 149 Å². The van der Waals surface area contributed by atoms with Crippen LogP contribution in [0.2, 0.25) is 20.1 Å². The Morgan fingerprint density at radius 1 is 0.419 bits per heavy atom. The largest absolute Gasteiger partial charge is 0.493 e. The Labute approximate surface area is 566 Å². The third-order valence-corrected chi connectivity index (χ3v) is 18.2. The molecular weight excluding hydrogens is 1260 g/mol. The fourth-order valence-electron chi connectivity index (χ4n) is 12.0. The Morgan fingerprint density at radius 3 is 1.03 bits per heavy atom. The molecule has 10 rings (SSSR count). The van der Waals surface area contributed by atoms with E-state index in [1.54, 1.807) is 29.4 Å². The molecule has 0 saturated carbocycles. The van der Waals surface area contributed by atoms with Gasteiger partial charge in [-0.05, 0) is 131 Å². The van der Waals surface area contributed by atoms with Crippen LogP contribution in [0, 0.1) is 0 Å². The molecule has 2 fully saturated rings. The fraction of sp³-hybridized carbons (Fsp3) is 0.417. The summed E-state index contributed by atoms with van der Waals surface area (Å²) >= 11 is 25.6. The van der Waals surface area contributed by atoms with Gasteiger partial charge in [-0.25, -0.2) is 9.59 Å². The Kier molecular flexibility index (Phi) is 22.5. The quantitative estimate of drug-likeness (QED) is 0.0678. The van der Waals surface area contributed by atoms with E-state index in [9.17, 15) is 9.59 Å². The second kappa shape index (κ2) is 30.5. The van der Waals surface area contributed by atoms with Gasteiger partial charge in [0, 0.05) is 72.4 Å². The minimum atomic E-state index is -0.557. The van der Waals surface area contributed by atoms with Crippen LogP contribution in [0.5, 0.6) is 11.5 Å². The van der Waals surface area contributed by atoms with Gasteiger partial charge in [0.25, 0.3) is 0 Å². The smallest absolute Gasteiger partial charge is 0.326 e. The van der Waals surface area contributed by atoms with Crippen molar-refractivity contribution in [1.29, 1.82) is 0 Å². The van der Waals surface area contributed by atoms with Gasteiger partial charge in [0.15, 0.2) is 0 Å². The predicted molar refractivity (Wildman–Crippen MR) is 366 cm³/mol. The highest BCUT2D eigenvalue weighted by atomic mass is 35.5. The normalized spacial score (nSPS) is 18.6. The van der Waals surface area contributed by atoms with Crippen LogP contribution >= 0.6 is 46.4 Å². The van der Waals surface area contributed by atoms with Crippen molar-refractivity contribution in [1.82, 2.24) is 29.4 Å². The number of halogens is 4. The van der Waals surface area contributed by atoms with Gasteiger partial charge < -0.3 is 43.3 Å². The molecule has 492 valence electrons. The number of amides is 6. The Bertz CT molecular complexity index is 3420. The van der Waals surface area contributed by atoms with Crippen LogP contribution in [0.25, 0.3) is 0 Å². The molecule has 4 heterocycles. The van der Waals surface area contributed by atoms with Crippen molar-refractivity contribution in [3.8, 4) is 11.5 Å². The average molecular weight is 1350 g/mol. The lowest BCUT2D eigenvalue weighted by Crippen LogP contribution is -2.55. The lowest BCUT2D eigenvalue weighted by atomic mass is 9.86. The van der Waals surface area contributed by atoms with E-state index in [-0.39, 0.29) is 101 Å². The number of benzene rings is 6. The first kappa shape index (κ1) is 68.6. The van der Waals surface area contributed by atoms with Crippen molar-refractivity contribution in [3.63, 3.8) is 0 Å². The number of ether oxygens (including phenoxy) is 5. The van der Waals surface area contributed by atoms with Crippen LogP contribution in [0.15, 0.2) is 143 Å². The zero-order chi connectivity index (χ0) is 66.1. The molecule has 93 heavy (non-hydrogen) atoms. The molecule has 0 bridgehead atoms. The number of urea groups is 2. The zero-order valence-corrected chi connectivity index (χ0v) is 57.1. The van der Waals surface area contributed by atoms with Gasteiger partial charge >= 0.3 is 12.1 Å². The minimum absolute atomic E-state index is 0.157. The second-order valence-corrected chi connectivity index (χ2v) is 27.2. The highest BCUT2D eigenvalue weighted by Gasteiger charge is 2.47. The van der Waals surface area contributed by atoms with Crippen LogP contribution in [-0.4, -0.2) is 170 Å². The van der Waals surface area contributed by atoms with E-state index in [1.807, 2.05) is 135 Å². The number of rotatable bonds is 20. The van der Waals surface area contributed by atoms with E-state index < -0.39 is 24.2 Å². The fourth-order valence-corrected chi connectivity index (χ4v) is 12.5. The lowest BCUT2D eigenvalue weighted by molar-refractivity contribution is -0.138. The summed E-state index contributed by atoms with van der Waals surface area (Å²) in [4.78, 5) is 78.7. The van der Waals surface area contributed by atoms with Crippen molar-refractivity contribution in [2.24, 2.45) is 9.98 Å². The summed E-state index contributed by atoms with van der Waals surface area (Å²) in [6.07, 6.45) is 0. The van der Waals surface area contributed by atoms with E-state index in [0.717, 1.165) is 33.4 Å². The molecule has 21 heteroatoms. The molecule has 2 saturated heterocycles.